The van der Waals surface area contributed by atoms with Crippen molar-refractivity contribution in [2.75, 3.05) is 19.3 Å². The number of hydroxylamine groups is 1. The number of benzene rings is 2. The molecule has 0 bridgehead atoms. The van der Waals surface area contributed by atoms with Crippen molar-refractivity contribution in [3.8, 4) is 11.5 Å². The Morgan fingerprint density at radius 1 is 1.12 bits per heavy atom. The van der Waals surface area contributed by atoms with Crippen LogP contribution in [-0.4, -0.2) is 25.5 Å². The first kappa shape index (κ1) is 17.6. The molecule has 6 heteroatoms. The molecule has 0 spiro atoms. The summed E-state index contributed by atoms with van der Waals surface area (Å²) in [6.07, 6.45) is -0.882. The van der Waals surface area contributed by atoms with E-state index in [1.807, 2.05) is 32.0 Å². The highest BCUT2D eigenvalue weighted by atomic mass is 16.6. The Morgan fingerprint density at radius 3 is 2.50 bits per heavy atom. The van der Waals surface area contributed by atoms with E-state index in [2.05, 4.69) is 4.74 Å². The molecule has 0 aliphatic rings. The van der Waals surface area contributed by atoms with Crippen molar-refractivity contribution in [1.82, 2.24) is 0 Å². The Kier molecular flexibility index (Phi) is 5.65. The van der Waals surface area contributed by atoms with Crippen molar-refractivity contribution in [2.24, 2.45) is 0 Å². The number of anilines is 1. The molecule has 0 fully saturated rings. The Balaban J connectivity index is 2.28. The van der Waals surface area contributed by atoms with Crippen LogP contribution in [0, 0.1) is 13.8 Å². The lowest BCUT2D eigenvalue weighted by atomic mass is 10.1. The number of rotatable bonds is 5. The van der Waals surface area contributed by atoms with Gasteiger partial charge in [0.25, 0.3) is 0 Å². The van der Waals surface area contributed by atoms with Gasteiger partial charge < -0.3 is 14.2 Å². The molecule has 2 rings (SSSR count). The zero-order chi connectivity index (χ0) is 17.7. The average molecular weight is 331 g/mol. The highest BCUT2D eigenvalue weighted by Crippen LogP contribution is 2.27. The van der Waals surface area contributed by atoms with Crippen molar-refractivity contribution in [2.45, 2.75) is 20.5 Å². The fraction of sp³-hybridized carbons (Fsp3) is 0.278. The van der Waals surface area contributed by atoms with Gasteiger partial charge in [0.1, 0.15) is 18.1 Å². The molecule has 0 saturated carbocycles. The molecule has 128 valence electrons. The van der Waals surface area contributed by atoms with Gasteiger partial charge in [-0.1, -0.05) is 17.7 Å². The second kappa shape index (κ2) is 7.70. The molecule has 0 radical (unpaired) electrons. The lowest BCUT2D eigenvalue weighted by molar-refractivity contribution is 0.140. The Morgan fingerprint density at radius 2 is 1.88 bits per heavy atom. The number of hydrogen-bond donors (Lipinski definition) is 1. The third kappa shape index (κ3) is 3.97. The van der Waals surface area contributed by atoms with E-state index in [9.17, 15) is 10.0 Å². The number of aryl methyl sites for hydroxylation is 2. The zero-order valence-electron chi connectivity index (χ0n) is 14.2. The second-order valence-corrected chi connectivity index (χ2v) is 5.33. The van der Waals surface area contributed by atoms with Crippen LogP contribution in [0.25, 0.3) is 0 Å². The van der Waals surface area contributed by atoms with Gasteiger partial charge >= 0.3 is 6.09 Å². The molecule has 2 aromatic carbocycles. The summed E-state index contributed by atoms with van der Waals surface area (Å²) in [7, 11) is 2.74. The summed E-state index contributed by atoms with van der Waals surface area (Å²) < 4.78 is 15.6. The first-order valence-corrected chi connectivity index (χ1v) is 7.40. The lowest BCUT2D eigenvalue weighted by Crippen LogP contribution is -2.27. The molecule has 24 heavy (non-hydrogen) atoms. The highest BCUT2D eigenvalue weighted by Gasteiger charge is 2.18. The number of nitrogens with zero attached hydrogens (tertiary/aromatic N) is 1. The molecule has 0 aromatic heterocycles. The number of carbonyl (C=O) groups is 1. The van der Waals surface area contributed by atoms with Crippen LogP contribution in [0.15, 0.2) is 36.4 Å². The fourth-order valence-corrected chi connectivity index (χ4v) is 2.31. The average Bonchev–Trinajstić information content (AvgIpc) is 2.59. The van der Waals surface area contributed by atoms with E-state index in [1.165, 1.54) is 7.11 Å². The van der Waals surface area contributed by atoms with Crippen LogP contribution >= 0.6 is 0 Å². The van der Waals surface area contributed by atoms with Crippen molar-refractivity contribution >= 4 is 11.8 Å². The molecule has 0 heterocycles. The van der Waals surface area contributed by atoms with Crippen LogP contribution in [0.3, 0.4) is 0 Å². The Labute approximate surface area is 141 Å². The summed E-state index contributed by atoms with van der Waals surface area (Å²) in [5.41, 5.74) is 3.01. The van der Waals surface area contributed by atoms with Crippen LogP contribution in [0.1, 0.15) is 16.7 Å². The van der Waals surface area contributed by atoms with Crippen LogP contribution in [-0.2, 0) is 11.3 Å². The zero-order valence-corrected chi connectivity index (χ0v) is 14.2. The highest BCUT2D eigenvalue weighted by molar-refractivity contribution is 5.86. The number of carbonyl (C=O) groups excluding carboxylic acids is 1. The minimum Gasteiger partial charge on any atom is -0.497 e. The SMILES string of the molecule is COC(=O)N(O)c1ccc(OC)cc1COc1ccc(C)cc1C. The minimum absolute atomic E-state index is 0.157. The standard InChI is InChI=1S/C18H21NO5/c1-12-5-8-17(13(2)9-12)24-11-14-10-15(22-3)6-7-16(14)19(21)18(20)23-4/h5-10,21H,11H2,1-4H3. The molecular formula is C18H21NO5. The van der Waals surface area contributed by atoms with Gasteiger partial charge in [-0.15, -0.1) is 0 Å². The topological polar surface area (TPSA) is 68.2 Å². The first-order valence-electron chi connectivity index (χ1n) is 7.40. The molecule has 0 aliphatic heterocycles. The van der Waals surface area contributed by atoms with Gasteiger partial charge in [-0.25, -0.2) is 4.79 Å². The largest absolute Gasteiger partial charge is 0.497 e. The predicted molar refractivity (Wildman–Crippen MR) is 89.9 cm³/mol. The monoisotopic (exact) mass is 331 g/mol. The van der Waals surface area contributed by atoms with E-state index in [0.717, 1.165) is 16.9 Å². The van der Waals surface area contributed by atoms with Crippen molar-refractivity contribution in [3.05, 3.63) is 53.1 Å². The minimum atomic E-state index is -0.882. The van der Waals surface area contributed by atoms with Crippen LogP contribution in [0.5, 0.6) is 11.5 Å². The Hall–Kier alpha value is -2.73. The van der Waals surface area contributed by atoms with Gasteiger partial charge in [-0.05, 0) is 43.7 Å². The smallest absolute Gasteiger partial charge is 0.438 e. The Bertz CT molecular complexity index is 729. The van der Waals surface area contributed by atoms with Gasteiger partial charge in [-0.2, -0.15) is 5.06 Å². The summed E-state index contributed by atoms with van der Waals surface area (Å²) in [4.78, 5) is 11.6. The van der Waals surface area contributed by atoms with Crippen molar-refractivity contribution in [1.29, 1.82) is 0 Å². The quantitative estimate of drug-likeness (QED) is 0.666. The van der Waals surface area contributed by atoms with E-state index >= 15 is 0 Å². The van der Waals surface area contributed by atoms with Crippen molar-refractivity contribution in [3.63, 3.8) is 0 Å². The molecule has 1 amide bonds. The van der Waals surface area contributed by atoms with Crippen molar-refractivity contribution < 1.29 is 24.2 Å². The summed E-state index contributed by atoms with van der Waals surface area (Å²) in [5.74, 6) is 1.33. The van der Waals surface area contributed by atoms with E-state index in [-0.39, 0.29) is 12.3 Å². The van der Waals surface area contributed by atoms with Gasteiger partial charge in [-0.3, -0.25) is 5.21 Å². The van der Waals surface area contributed by atoms with Gasteiger partial charge in [0.05, 0.1) is 19.9 Å². The third-order valence-electron chi connectivity index (χ3n) is 3.58. The third-order valence-corrected chi connectivity index (χ3v) is 3.58. The maximum Gasteiger partial charge on any atom is 0.438 e. The molecule has 1 N–H and O–H groups in total. The molecule has 2 aromatic rings. The summed E-state index contributed by atoms with van der Waals surface area (Å²) >= 11 is 0. The molecule has 0 saturated heterocycles. The maximum atomic E-state index is 11.6. The molecule has 0 unspecified atom stereocenters. The number of amides is 1. The second-order valence-electron chi connectivity index (χ2n) is 5.33. The van der Waals surface area contributed by atoms with E-state index in [1.54, 1.807) is 25.3 Å². The normalized spacial score (nSPS) is 10.2. The maximum absolute atomic E-state index is 11.6. The fourth-order valence-electron chi connectivity index (χ4n) is 2.31. The predicted octanol–water partition coefficient (Wildman–Crippen LogP) is 3.85. The molecule has 6 nitrogen and oxygen atoms in total. The summed E-state index contributed by atoms with van der Waals surface area (Å²) in [6, 6.07) is 10.8. The number of hydrogen-bond acceptors (Lipinski definition) is 5. The van der Waals surface area contributed by atoms with Crippen LogP contribution < -0.4 is 14.5 Å². The van der Waals surface area contributed by atoms with Gasteiger partial charge in [0.2, 0.25) is 0 Å². The first-order chi connectivity index (χ1) is 11.5. The van der Waals surface area contributed by atoms with Crippen LogP contribution in [0.2, 0.25) is 0 Å². The van der Waals surface area contributed by atoms with E-state index in [0.29, 0.717) is 16.4 Å². The van der Waals surface area contributed by atoms with Gasteiger partial charge in [0.15, 0.2) is 0 Å². The summed E-state index contributed by atoms with van der Waals surface area (Å²) in [5, 5.41) is 10.4. The van der Waals surface area contributed by atoms with E-state index in [4.69, 9.17) is 9.47 Å². The lowest BCUT2D eigenvalue weighted by Gasteiger charge is -2.19. The van der Waals surface area contributed by atoms with E-state index < -0.39 is 6.09 Å². The van der Waals surface area contributed by atoms with Gasteiger partial charge in [0, 0.05) is 5.56 Å². The van der Waals surface area contributed by atoms with Crippen LogP contribution in [0.4, 0.5) is 10.5 Å². The molecular weight excluding hydrogens is 310 g/mol. The number of methoxy groups -OCH3 is 2. The molecule has 0 aliphatic carbocycles. The summed E-state index contributed by atoms with van der Waals surface area (Å²) in [6.45, 7) is 4.13. The number of ether oxygens (including phenoxy) is 3. The molecule has 0 atom stereocenters.